The van der Waals surface area contributed by atoms with E-state index in [9.17, 15) is 14.7 Å². The van der Waals surface area contributed by atoms with Gasteiger partial charge in [0.15, 0.2) is 0 Å². The van der Waals surface area contributed by atoms with Gasteiger partial charge in [-0.25, -0.2) is 9.59 Å². The summed E-state index contributed by atoms with van der Waals surface area (Å²) in [5, 5.41) is 9.72. The van der Waals surface area contributed by atoms with Gasteiger partial charge in [0.25, 0.3) is 0 Å². The number of hydrogen-bond acceptors (Lipinski definition) is 2. The number of carboxylic acids is 1. The number of carbonyl (C=O) groups excluding carboxylic acids is 1. The third kappa shape index (κ3) is 2.74. The fourth-order valence-electron chi connectivity index (χ4n) is 4.04. The molecule has 2 atom stereocenters. The lowest BCUT2D eigenvalue weighted by Crippen LogP contribution is -2.57. The normalized spacial score (nSPS) is 29.4. The number of carbonyl (C=O) groups is 2. The van der Waals surface area contributed by atoms with Crippen LogP contribution in [0.1, 0.15) is 59.3 Å². The lowest BCUT2D eigenvalue weighted by molar-refractivity contribution is -0.149. The fraction of sp³-hybridized carbons (Fsp3) is 0.875. The second-order valence-corrected chi connectivity index (χ2v) is 6.77. The van der Waals surface area contributed by atoms with E-state index in [-0.39, 0.29) is 12.1 Å². The second-order valence-electron chi connectivity index (χ2n) is 6.77. The molecule has 21 heavy (non-hydrogen) atoms. The highest BCUT2D eigenvalue weighted by Gasteiger charge is 2.51. The first-order chi connectivity index (χ1) is 9.94. The molecular formula is C16H28N2O3. The maximum absolute atomic E-state index is 12.9. The van der Waals surface area contributed by atoms with E-state index in [1.165, 1.54) is 0 Å². The van der Waals surface area contributed by atoms with E-state index < -0.39 is 11.5 Å². The van der Waals surface area contributed by atoms with Gasteiger partial charge < -0.3 is 14.9 Å². The van der Waals surface area contributed by atoms with E-state index in [2.05, 4.69) is 13.8 Å². The van der Waals surface area contributed by atoms with E-state index >= 15 is 0 Å². The highest BCUT2D eigenvalue weighted by atomic mass is 16.4. The van der Waals surface area contributed by atoms with E-state index in [1.54, 1.807) is 4.90 Å². The zero-order valence-electron chi connectivity index (χ0n) is 13.5. The van der Waals surface area contributed by atoms with Gasteiger partial charge in [-0.2, -0.15) is 0 Å². The van der Waals surface area contributed by atoms with Crippen LogP contribution in [0.2, 0.25) is 0 Å². The highest BCUT2D eigenvalue weighted by Crippen LogP contribution is 2.36. The van der Waals surface area contributed by atoms with Crippen LogP contribution in [0.15, 0.2) is 0 Å². The Morgan fingerprint density at radius 2 is 2.00 bits per heavy atom. The quantitative estimate of drug-likeness (QED) is 0.867. The van der Waals surface area contributed by atoms with Crippen LogP contribution < -0.4 is 0 Å². The molecule has 5 nitrogen and oxygen atoms in total. The van der Waals surface area contributed by atoms with Crippen molar-refractivity contribution in [2.45, 2.75) is 70.9 Å². The van der Waals surface area contributed by atoms with Crippen molar-refractivity contribution in [3.8, 4) is 0 Å². The molecule has 1 N–H and O–H groups in total. The zero-order valence-corrected chi connectivity index (χ0v) is 13.5. The minimum atomic E-state index is -0.976. The molecule has 2 unspecified atom stereocenters. The van der Waals surface area contributed by atoms with Gasteiger partial charge in [0.2, 0.25) is 0 Å². The van der Waals surface area contributed by atoms with Crippen LogP contribution in [0.4, 0.5) is 4.79 Å². The summed E-state index contributed by atoms with van der Waals surface area (Å²) in [4.78, 5) is 28.4. The maximum Gasteiger partial charge on any atom is 0.329 e. The molecule has 0 saturated carbocycles. The summed E-state index contributed by atoms with van der Waals surface area (Å²) in [6.45, 7) is 7.60. The Morgan fingerprint density at radius 1 is 1.29 bits per heavy atom. The Kier molecular flexibility index (Phi) is 4.79. The van der Waals surface area contributed by atoms with Crippen LogP contribution >= 0.6 is 0 Å². The average Bonchev–Trinajstić information content (AvgIpc) is 3.05. The van der Waals surface area contributed by atoms with E-state index in [0.29, 0.717) is 25.3 Å². The molecule has 0 bridgehead atoms. The van der Waals surface area contributed by atoms with Crippen LogP contribution in [0.25, 0.3) is 0 Å². The summed E-state index contributed by atoms with van der Waals surface area (Å²) in [6, 6.07) is 0.200. The first-order valence-electron chi connectivity index (χ1n) is 8.25. The Balaban J connectivity index is 2.22. The monoisotopic (exact) mass is 296 g/mol. The third-order valence-corrected chi connectivity index (χ3v) is 5.10. The molecule has 0 aromatic carbocycles. The standard InChI is InChI=1S/C16H28N2O3/c1-4-8-16(14(19)20)9-6-11-18(16)15(21)17-10-5-7-13(17)12(2)3/h12-13H,4-11H2,1-3H3,(H,19,20). The van der Waals surface area contributed by atoms with Gasteiger partial charge in [-0.05, 0) is 38.0 Å². The molecule has 0 aromatic heterocycles. The van der Waals surface area contributed by atoms with E-state index in [1.807, 2.05) is 11.8 Å². The Hall–Kier alpha value is -1.26. The lowest BCUT2D eigenvalue weighted by atomic mass is 9.91. The Labute approximate surface area is 127 Å². The molecule has 120 valence electrons. The fourth-order valence-corrected chi connectivity index (χ4v) is 4.04. The van der Waals surface area contributed by atoms with Crippen molar-refractivity contribution in [3.63, 3.8) is 0 Å². The Morgan fingerprint density at radius 3 is 2.57 bits per heavy atom. The molecule has 5 heteroatoms. The number of hydrogen-bond donors (Lipinski definition) is 1. The first kappa shape index (κ1) is 16.1. The van der Waals surface area contributed by atoms with Crippen molar-refractivity contribution in [3.05, 3.63) is 0 Å². The largest absolute Gasteiger partial charge is 0.479 e. The first-order valence-corrected chi connectivity index (χ1v) is 8.25. The van der Waals surface area contributed by atoms with Crippen LogP contribution in [-0.4, -0.2) is 51.6 Å². The summed E-state index contributed by atoms with van der Waals surface area (Å²) in [5.41, 5.74) is -0.976. The van der Waals surface area contributed by atoms with Crippen LogP contribution in [0.3, 0.4) is 0 Å². The summed E-state index contributed by atoms with van der Waals surface area (Å²) in [5.74, 6) is -0.417. The van der Waals surface area contributed by atoms with Crippen molar-refractivity contribution < 1.29 is 14.7 Å². The Bertz CT molecular complexity index is 410. The average molecular weight is 296 g/mol. The van der Waals surface area contributed by atoms with Gasteiger partial charge in [0, 0.05) is 19.1 Å². The van der Waals surface area contributed by atoms with E-state index in [4.69, 9.17) is 0 Å². The van der Waals surface area contributed by atoms with Crippen molar-refractivity contribution in [1.82, 2.24) is 9.80 Å². The van der Waals surface area contributed by atoms with Gasteiger partial charge in [-0.3, -0.25) is 0 Å². The lowest BCUT2D eigenvalue weighted by Gasteiger charge is -2.39. The SMILES string of the molecule is CCCC1(C(=O)O)CCCN1C(=O)N1CCCC1C(C)C. The smallest absolute Gasteiger partial charge is 0.329 e. The molecule has 0 aromatic rings. The minimum Gasteiger partial charge on any atom is -0.479 e. The van der Waals surface area contributed by atoms with Gasteiger partial charge in [0.1, 0.15) is 5.54 Å². The molecule has 2 aliphatic heterocycles. The van der Waals surface area contributed by atoms with Crippen molar-refractivity contribution in [1.29, 1.82) is 0 Å². The number of rotatable bonds is 4. The van der Waals surface area contributed by atoms with Gasteiger partial charge in [-0.1, -0.05) is 27.2 Å². The number of likely N-dealkylation sites (tertiary alicyclic amines) is 2. The molecular weight excluding hydrogens is 268 g/mol. The van der Waals surface area contributed by atoms with E-state index in [0.717, 1.165) is 32.2 Å². The molecule has 2 rings (SSSR count). The minimum absolute atomic E-state index is 0.0560. The predicted molar refractivity (Wildman–Crippen MR) is 81.2 cm³/mol. The maximum atomic E-state index is 12.9. The van der Waals surface area contributed by atoms with Crippen LogP contribution in [0.5, 0.6) is 0 Å². The number of urea groups is 1. The molecule has 0 radical (unpaired) electrons. The molecule has 2 fully saturated rings. The summed E-state index contributed by atoms with van der Waals surface area (Å²) in [7, 11) is 0. The van der Waals surface area contributed by atoms with Crippen molar-refractivity contribution >= 4 is 12.0 Å². The molecule has 2 aliphatic rings. The van der Waals surface area contributed by atoms with Gasteiger partial charge in [0.05, 0.1) is 0 Å². The predicted octanol–water partition coefficient (Wildman–Crippen LogP) is 2.95. The van der Waals surface area contributed by atoms with Crippen molar-refractivity contribution in [2.24, 2.45) is 5.92 Å². The topological polar surface area (TPSA) is 60.9 Å². The van der Waals surface area contributed by atoms with Gasteiger partial charge in [-0.15, -0.1) is 0 Å². The van der Waals surface area contributed by atoms with Crippen molar-refractivity contribution in [2.75, 3.05) is 13.1 Å². The number of nitrogens with zero attached hydrogens (tertiary/aromatic N) is 2. The second kappa shape index (κ2) is 6.24. The van der Waals surface area contributed by atoms with Crippen LogP contribution in [-0.2, 0) is 4.79 Å². The molecule has 2 heterocycles. The molecule has 2 amide bonds. The summed E-state index contributed by atoms with van der Waals surface area (Å²) >= 11 is 0. The van der Waals surface area contributed by atoms with Crippen LogP contribution in [0, 0.1) is 5.92 Å². The third-order valence-electron chi connectivity index (χ3n) is 5.10. The number of carboxylic acid groups (broad SMARTS) is 1. The number of aliphatic carboxylic acids is 1. The highest BCUT2D eigenvalue weighted by molar-refractivity contribution is 5.87. The molecule has 0 aliphatic carbocycles. The molecule has 0 spiro atoms. The summed E-state index contributed by atoms with van der Waals surface area (Å²) in [6.07, 6.45) is 4.76. The molecule has 2 saturated heterocycles. The van der Waals surface area contributed by atoms with Gasteiger partial charge >= 0.3 is 12.0 Å². The number of amides is 2. The zero-order chi connectivity index (χ0) is 15.6. The summed E-state index contributed by atoms with van der Waals surface area (Å²) < 4.78 is 0.